The molecule has 5 heteroatoms. The first-order valence-electron chi connectivity index (χ1n) is 12.9. The summed E-state index contributed by atoms with van der Waals surface area (Å²) in [6.45, 7) is 5.19. The zero-order valence-electron chi connectivity index (χ0n) is 20.0. The molecule has 0 saturated heterocycles. The average molecular weight is 443 g/mol. The summed E-state index contributed by atoms with van der Waals surface area (Å²) < 4.78 is 0. The Hall–Kier alpha value is -1.43. The molecule has 4 rings (SSSR count). The number of aliphatic hydroxyl groups is 2. The van der Waals surface area contributed by atoms with E-state index in [9.17, 15) is 15.0 Å². The first-order chi connectivity index (χ1) is 15.3. The van der Waals surface area contributed by atoms with Crippen molar-refractivity contribution in [2.45, 2.75) is 102 Å². The monoisotopic (exact) mass is 442 g/mol. The van der Waals surface area contributed by atoms with Gasteiger partial charge in [0, 0.05) is 13.1 Å². The number of nitrogens with zero attached hydrogens (tertiary/aromatic N) is 1. The van der Waals surface area contributed by atoms with Gasteiger partial charge in [0.15, 0.2) is 0 Å². The fourth-order valence-electron chi connectivity index (χ4n) is 6.15. The van der Waals surface area contributed by atoms with Gasteiger partial charge in [-0.05, 0) is 68.6 Å². The molecule has 5 nitrogen and oxygen atoms in total. The van der Waals surface area contributed by atoms with Crippen molar-refractivity contribution >= 4 is 5.91 Å². The van der Waals surface area contributed by atoms with E-state index in [1.807, 2.05) is 19.9 Å². The Morgan fingerprint density at radius 1 is 1.12 bits per heavy atom. The predicted molar refractivity (Wildman–Crippen MR) is 127 cm³/mol. The number of nitrogens with one attached hydrogen (secondary N) is 1. The molecule has 0 aromatic heterocycles. The highest BCUT2D eigenvalue weighted by Gasteiger charge is 2.37. The Kier molecular flexibility index (Phi) is 7.28. The minimum Gasteiger partial charge on any atom is -0.389 e. The van der Waals surface area contributed by atoms with E-state index in [4.69, 9.17) is 0 Å². The van der Waals surface area contributed by atoms with E-state index in [1.54, 1.807) is 0 Å². The molecule has 0 spiro atoms. The Labute approximate surface area is 193 Å². The second kappa shape index (κ2) is 9.82. The number of rotatable bonds is 6. The van der Waals surface area contributed by atoms with Crippen LogP contribution < -0.4 is 5.32 Å². The second-order valence-corrected chi connectivity index (χ2v) is 11.0. The molecule has 1 aromatic rings. The molecule has 2 saturated carbocycles. The molecule has 1 atom stereocenters. The minimum atomic E-state index is -0.893. The summed E-state index contributed by atoms with van der Waals surface area (Å²) in [6.07, 6.45) is 11.9. The number of amides is 1. The normalized spacial score (nSPS) is 24.2. The van der Waals surface area contributed by atoms with Crippen molar-refractivity contribution in [2.24, 2.45) is 5.92 Å². The summed E-state index contributed by atoms with van der Waals surface area (Å²) in [6, 6.07) is 6.46. The molecule has 2 aliphatic carbocycles. The molecule has 3 N–H and O–H groups in total. The molecule has 1 unspecified atom stereocenters. The molecule has 1 amide bonds. The van der Waals surface area contributed by atoms with Crippen molar-refractivity contribution in [3.63, 3.8) is 0 Å². The van der Waals surface area contributed by atoms with Crippen LogP contribution in [0.4, 0.5) is 0 Å². The number of hydrogen-bond donors (Lipinski definition) is 3. The summed E-state index contributed by atoms with van der Waals surface area (Å²) in [5.41, 5.74) is 1.93. The number of benzene rings is 1. The van der Waals surface area contributed by atoms with Crippen LogP contribution in [0, 0.1) is 5.92 Å². The zero-order chi connectivity index (χ0) is 22.8. The van der Waals surface area contributed by atoms with Crippen LogP contribution >= 0.6 is 0 Å². The van der Waals surface area contributed by atoms with Gasteiger partial charge in [0.05, 0.1) is 23.8 Å². The van der Waals surface area contributed by atoms with Crippen LogP contribution in [0.2, 0.25) is 0 Å². The quantitative estimate of drug-likeness (QED) is 0.617. The number of carbonyl (C=O) groups excluding carboxylic acids is 1. The Morgan fingerprint density at radius 3 is 2.50 bits per heavy atom. The molecule has 0 bridgehead atoms. The molecule has 178 valence electrons. The summed E-state index contributed by atoms with van der Waals surface area (Å²) in [4.78, 5) is 15.5. The van der Waals surface area contributed by atoms with E-state index in [0.717, 1.165) is 57.1 Å². The lowest BCUT2D eigenvalue weighted by Crippen LogP contribution is -2.49. The highest BCUT2D eigenvalue weighted by molar-refractivity contribution is 5.79. The van der Waals surface area contributed by atoms with Crippen LogP contribution in [0.5, 0.6) is 0 Å². The van der Waals surface area contributed by atoms with Gasteiger partial charge in [-0.3, -0.25) is 4.79 Å². The first kappa shape index (κ1) is 23.7. The molecular formula is C27H42N2O3. The predicted octanol–water partition coefficient (Wildman–Crippen LogP) is 4.20. The number of carbonyl (C=O) groups is 1. The molecule has 3 aliphatic rings. The SMILES string of the molecule is CC(C)(O)c1ccc2c(c1)C(C1CCCCC1)N(C(=O)CNCC1(O)CCCCC1)CC2. The molecule has 0 radical (unpaired) electrons. The maximum atomic E-state index is 13.4. The van der Waals surface area contributed by atoms with Gasteiger partial charge in [-0.15, -0.1) is 0 Å². The van der Waals surface area contributed by atoms with Crippen LogP contribution in [0.15, 0.2) is 18.2 Å². The fourth-order valence-corrected chi connectivity index (χ4v) is 6.15. The topological polar surface area (TPSA) is 72.8 Å². The van der Waals surface area contributed by atoms with Gasteiger partial charge in [0.1, 0.15) is 0 Å². The lowest BCUT2D eigenvalue weighted by atomic mass is 9.76. The van der Waals surface area contributed by atoms with E-state index in [1.165, 1.54) is 36.8 Å². The van der Waals surface area contributed by atoms with Crippen molar-refractivity contribution in [2.75, 3.05) is 19.6 Å². The van der Waals surface area contributed by atoms with Crippen molar-refractivity contribution in [3.05, 3.63) is 34.9 Å². The summed E-state index contributed by atoms with van der Waals surface area (Å²) in [5, 5.41) is 24.7. The smallest absolute Gasteiger partial charge is 0.237 e. The second-order valence-electron chi connectivity index (χ2n) is 11.0. The average Bonchev–Trinajstić information content (AvgIpc) is 2.78. The lowest BCUT2D eigenvalue weighted by molar-refractivity contribution is -0.135. The van der Waals surface area contributed by atoms with Gasteiger partial charge in [-0.1, -0.05) is 56.7 Å². The summed E-state index contributed by atoms with van der Waals surface area (Å²) >= 11 is 0. The number of fused-ring (bicyclic) bond motifs is 1. The first-order valence-corrected chi connectivity index (χ1v) is 12.9. The van der Waals surface area contributed by atoms with Crippen LogP contribution in [0.3, 0.4) is 0 Å². The van der Waals surface area contributed by atoms with Gasteiger partial charge in [0.2, 0.25) is 5.91 Å². The molecule has 1 aliphatic heterocycles. The van der Waals surface area contributed by atoms with E-state index in [2.05, 4.69) is 22.3 Å². The number of hydrogen-bond acceptors (Lipinski definition) is 4. The molecule has 32 heavy (non-hydrogen) atoms. The van der Waals surface area contributed by atoms with E-state index >= 15 is 0 Å². The van der Waals surface area contributed by atoms with Crippen molar-refractivity contribution in [1.29, 1.82) is 0 Å². The maximum Gasteiger partial charge on any atom is 0.237 e. The highest BCUT2D eigenvalue weighted by atomic mass is 16.3. The van der Waals surface area contributed by atoms with Gasteiger partial charge in [-0.2, -0.15) is 0 Å². The zero-order valence-corrected chi connectivity index (χ0v) is 20.0. The van der Waals surface area contributed by atoms with Gasteiger partial charge >= 0.3 is 0 Å². The molecule has 1 heterocycles. The standard InChI is InChI=1S/C27H42N2O3/c1-26(2,31)22-12-11-20-13-16-29(25(23(20)17-22)21-9-5-3-6-10-21)24(30)18-28-19-27(32)14-7-4-8-15-27/h11-12,17,21,25,28,31-32H,3-10,13-16,18-19H2,1-2H3. The maximum absolute atomic E-state index is 13.4. The van der Waals surface area contributed by atoms with Gasteiger partial charge in [-0.25, -0.2) is 0 Å². The van der Waals surface area contributed by atoms with Crippen LogP contribution in [-0.2, 0) is 16.8 Å². The third-order valence-electron chi connectivity index (χ3n) is 8.06. The van der Waals surface area contributed by atoms with Crippen LogP contribution in [-0.4, -0.2) is 46.3 Å². The molecule has 1 aromatic carbocycles. The summed E-state index contributed by atoms with van der Waals surface area (Å²) in [5.74, 6) is 0.616. The third-order valence-corrected chi connectivity index (χ3v) is 8.06. The van der Waals surface area contributed by atoms with Crippen LogP contribution in [0.1, 0.15) is 101 Å². The van der Waals surface area contributed by atoms with Crippen molar-refractivity contribution < 1.29 is 15.0 Å². The lowest BCUT2D eigenvalue weighted by Gasteiger charge is -2.44. The Bertz CT molecular complexity index is 789. The fraction of sp³-hybridized carbons (Fsp3) is 0.741. The largest absolute Gasteiger partial charge is 0.389 e. The minimum absolute atomic E-state index is 0.0911. The summed E-state index contributed by atoms with van der Waals surface area (Å²) in [7, 11) is 0. The molecule has 2 fully saturated rings. The Balaban J connectivity index is 1.52. The van der Waals surface area contributed by atoms with E-state index < -0.39 is 11.2 Å². The van der Waals surface area contributed by atoms with E-state index in [-0.39, 0.29) is 18.5 Å². The highest BCUT2D eigenvalue weighted by Crippen LogP contribution is 2.43. The van der Waals surface area contributed by atoms with Gasteiger partial charge < -0.3 is 20.4 Å². The van der Waals surface area contributed by atoms with Gasteiger partial charge in [0.25, 0.3) is 0 Å². The third kappa shape index (κ3) is 5.37. The van der Waals surface area contributed by atoms with Crippen LogP contribution in [0.25, 0.3) is 0 Å². The molecular weight excluding hydrogens is 400 g/mol. The van der Waals surface area contributed by atoms with Crippen molar-refractivity contribution in [3.8, 4) is 0 Å². The van der Waals surface area contributed by atoms with Crippen molar-refractivity contribution in [1.82, 2.24) is 10.2 Å². The Morgan fingerprint density at radius 2 is 1.81 bits per heavy atom. The van der Waals surface area contributed by atoms with E-state index in [0.29, 0.717) is 12.5 Å².